The molecule has 1 unspecified atom stereocenters. The van der Waals surface area contributed by atoms with Crippen LogP contribution in [0.4, 0.5) is 0 Å². The third kappa shape index (κ3) is 3.61. The summed E-state index contributed by atoms with van der Waals surface area (Å²) < 4.78 is 5.36. The van der Waals surface area contributed by atoms with Crippen LogP contribution in [0.5, 0.6) is 0 Å². The third-order valence-electron chi connectivity index (χ3n) is 3.14. The van der Waals surface area contributed by atoms with Gasteiger partial charge >= 0.3 is 0 Å². The Morgan fingerprint density at radius 3 is 2.60 bits per heavy atom. The Kier molecular flexibility index (Phi) is 5.61. The third-order valence-corrected chi connectivity index (χ3v) is 4.03. The average Bonchev–Trinajstić information content (AvgIpc) is 2.95. The Morgan fingerprint density at radius 2 is 2.00 bits per heavy atom. The fraction of sp³-hybridized carbons (Fsp3) is 0.467. The highest BCUT2D eigenvalue weighted by molar-refractivity contribution is 7.99. The predicted molar refractivity (Wildman–Crippen MR) is 82.8 cm³/mol. The number of rotatable bonds is 7. The van der Waals surface area contributed by atoms with Gasteiger partial charge in [0.05, 0.1) is 5.92 Å². The summed E-state index contributed by atoms with van der Waals surface area (Å²) in [5.41, 5.74) is 6.74. The Bertz CT molecular complexity index is 524. The highest BCUT2D eigenvalue weighted by atomic mass is 32.2. The molecule has 0 fully saturated rings. The van der Waals surface area contributed by atoms with Crippen molar-refractivity contribution < 1.29 is 4.52 Å². The first kappa shape index (κ1) is 15.1. The van der Waals surface area contributed by atoms with Crippen LogP contribution in [0.2, 0.25) is 0 Å². The highest BCUT2D eigenvalue weighted by Gasteiger charge is 2.17. The van der Waals surface area contributed by atoms with Crippen molar-refractivity contribution in [2.24, 2.45) is 5.73 Å². The number of benzene rings is 1. The van der Waals surface area contributed by atoms with Crippen molar-refractivity contribution in [2.45, 2.75) is 37.5 Å². The van der Waals surface area contributed by atoms with Crippen LogP contribution in [-0.4, -0.2) is 22.4 Å². The molecule has 1 aromatic carbocycles. The van der Waals surface area contributed by atoms with Gasteiger partial charge in [0.1, 0.15) is 0 Å². The van der Waals surface area contributed by atoms with E-state index in [2.05, 4.69) is 36.1 Å². The summed E-state index contributed by atoms with van der Waals surface area (Å²) in [5.74, 6) is 2.52. The lowest BCUT2D eigenvalue weighted by molar-refractivity contribution is 0.347. The molecule has 0 aliphatic heterocycles. The molecular formula is C15H21N3OS. The van der Waals surface area contributed by atoms with Crippen molar-refractivity contribution in [3.8, 4) is 11.4 Å². The molecule has 0 aliphatic carbocycles. The van der Waals surface area contributed by atoms with Crippen LogP contribution in [0.1, 0.15) is 38.5 Å². The molecule has 2 N–H and O–H groups in total. The average molecular weight is 291 g/mol. The lowest BCUT2D eigenvalue weighted by Crippen LogP contribution is -2.12. The molecule has 0 amide bonds. The van der Waals surface area contributed by atoms with Crippen molar-refractivity contribution in [1.82, 2.24) is 10.1 Å². The van der Waals surface area contributed by atoms with Gasteiger partial charge in [0.15, 0.2) is 0 Å². The summed E-state index contributed by atoms with van der Waals surface area (Å²) >= 11 is 1.82. The zero-order chi connectivity index (χ0) is 14.4. The lowest BCUT2D eigenvalue weighted by atomic mass is 10.0. The molecule has 5 heteroatoms. The van der Waals surface area contributed by atoms with Crippen molar-refractivity contribution in [3.63, 3.8) is 0 Å². The van der Waals surface area contributed by atoms with Gasteiger partial charge in [-0.05, 0) is 36.4 Å². The van der Waals surface area contributed by atoms with Gasteiger partial charge in [0, 0.05) is 17.0 Å². The smallest absolute Gasteiger partial charge is 0.231 e. The summed E-state index contributed by atoms with van der Waals surface area (Å²) in [6, 6.07) is 8.24. The van der Waals surface area contributed by atoms with E-state index in [1.807, 2.05) is 23.9 Å². The zero-order valence-electron chi connectivity index (χ0n) is 12.0. The molecule has 0 saturated carbocycles. The molecule has 20 heavy (non-hydrogen) atoms. The van der Waals surface area contributed by atoms with E-state index in [1.54, 1.807) is 0 Å². The van der Waals surface area contributed by atoms with Gasteiger partial charge in [-0.15, -0.1) is 11.8 Å². The van der Waals surface area contributed by atoms with Crippen molar-refractivity contribution in [3.05, 3.63) is 30.2 Å². The van der Waals surface area contributed by atoms with Crippen LogP contribution in [0.3, 0.4) is 0 Å². The maximum Gasteiger partial charge on any atom is 0.231 e. The molecule has 1 heterocycles. The monoisotopic (exact) mass is 291 g/mol. The minimum atomic E-state index is 0.163. The Morgan fingerprint density at radius 1 is 1.25 bits per heavy atom. The molecule has 108 valence electrons. The van der Waals surface area contributed by atoms with E-state index in [0.717, 1.165) is 24.2 Å². The van der Waals surface area contributed by atoms with Gasteiger partial charge < -0.3 is 10.3 Å². The van der Waals surface area contributed by atoms with Crippen molar-refractivity contribution in [1.29, 1.82) is 0 Å². The van der Waals surface area contributed by atoms with Crippen LogP contribution in [-0.2, 0) is 0 Å². The first-order valence-corrected chi connectivity index (χ1v) is 8.03. The number of hydrogen-bond acceptors (Lipinski definition) is 5. The maximum atomic E-state index is 5.76. The number of nitrogens with zero attached hydrogens (tertiary/aromatic N) is 2. The Labute approximate surface area is 124 Å². The molecule has 4 nitrogen and oxygen atoms in total. The second kappa shape index (κ2) is 7.45. The van der Waals surface area contributed by atoms with E-state index in [1.165, 1.54) is 4.90 Å². The molecule has 1 atom stereocenters. The summed E-state index contributed by atoms with van der Waals surface area (Å²) in [4.78, 5) is 5.74. The fourth-order valence-corrected chi connectivity index (χ4v) is 2.74. The Balaban J connectivity index is 2.15. The molecule has 2 aromatic rings. The molecule has 1 aromatic heterocycles. The second-order valence-electron chi connectivity index (χ2n) is 4.63. The standard InChI is InChI=1S/C15H21N3OS/c1-3-5-12(10-16)15-17-14(18-19-15)11-6-8-13(9-7-11)20-4-2/h6-9,12H,3-5,10,16H2,1-2H3. The van der Waals surface area contributed by atoms with Gasteiger partial charge in [-0.25, -0.2) is 0 Å². The molecular weight excluding hydrogens is 270 g/mol. The maximum absolute atomic E-state index is 5.76. The topological polar surface area (TPSA) is 64.9 Å². The summed E-state index contributed by atoms with van der Waals surface area (Å²) in [7, 11) is 0. The molecule has 0 spiro atoms. The van der Waals surface area contributed by atoms with E-state index in [0.29, 0.717) is 18.3 Å². The van der Waals surface area contributed by atoms with E-state index >= 15 is 0 Å². The second-order valence-corrected chi connectivity index (χ2v) is 5.97. The minimum absolute atomic E-state index is 0.163. The lowest BCUT2D eigenvalue weighted by Gasteiger charge is -2.06. The van der Waals surface area contributed by atoms with E-state index < -0.39 is 0 Å². The van der Waals surface area contributed by atoms with Gasteiger partial charge in [0.25, 0.3) is 0 Å². The van der Waals surface area contributed by atoms with Gasteiger partial charge in [-0.1, -0.05) is 25.4 Å². The molecule has 2 rings (SSSR count). The SMILES string of the molecule is CCCC(CN)c1nc(-c2ccc(SCC)cc2)no1. The van der Waals surface area contributed by atoms with Gasteiger partial charge in [-0.2, -0.15) is 4.98 Å². The Hall–Kier alpha value is -1.33. The largest absolute Gasteiger partial charge is 0.339 e. The summed E-state index contributed by atoms with van der Waals surface area (Å²) in [6.07, 6.45) is 2.03. The molecule has 0 saturated heterocycles. The fourth-order valence-electron chi connectivity index (χ4n) is 2.08. The number of hydrogen-bond donors (Lipinski definition) is 1. The van der Waals surface area contributed by atoms with E-state index in [4.69, 9.17) is 10.3 Å². The zero-order valence-corrected chi connectivity index (χ0v) is 12.8. The number of thioether (sulfide) groups is 1. The highest BCUT2D eigenvalue weighted by Crippen LogP contribution is 2.24. The van der Waals surface area contributed by atoms with Crippen molar-refractivity contribution >= 4 is 11.8 Å². The molecule has 0 aliphatic rings. The van der Waals surface area contributed by atoms with Crippen LogP contribution in [0.15, 0.2) is 33.7 Å². The van der Waals surface area contributed by atoms with E-state index in [9.17, 15) is 0 Å². The summed E-state index contributed by atoms with van der Waals surface area (Å²) in [5, 5.41) is 4.06. The van der Waals surface area contributed by atoms with Gasteiger partial charge in [-0.3, -0.25) is 0 Å². The van der Waals surface area contributed by atoms with Crippen LogP contribution in [0, 0.1) is 0 Å². The number of nitrogens with two attached hydrogens (primary N) is 1. The van der Waals surface area contributed by atoms with Gasteiger partial charge in [0.2, 0.25) is 11.7 Å². The minimum Gasteiger partial charge on any atom is -0.339 e. The van der Waals surface area contributed by atoms with Crippen LogP contribution in [0.25, 0.3) is 11.4 Å². The molecule has 0 bridgehead atoms. The first-order valence-electron chi connectivity index (χ1n) is 7.05. The normalized spacial score (nSPS) is 12.6. The predicted octanol–water partition coefficient (Wildman–Crippen LogP) is 3.69. The van der Waals surface area contributed by atoms with Crippen molar-refractivity contribution in [2.75, 3.05) is 12.3 Å². The van der Waals surface area contributed by atoms with Crippen LogP contribution < -0.4 is 5.73 Å². The van der Waals surface area contributed by atoms with E-state index in [-0.39, 0.29) is 5.92 Å². The van der Waals surface area contributed by atoms with Crippen LogP contribution >= 0.6 is 11.8 Å². The number of aromatic nitrogens is 2. The summed E-state index contributed by atoms with van der Waals surface area (Å²) in [6.45, 7) is 4.82. The quantitative estimate of drug-likeness (QED) is 0.788. The molecule has 0 radical (unpaired) electrons. The first-order chi connectivity index (χ1) is 9.78.